The molecule has 8 heteroatoms. The van der Waals surface area contributed by atoms with Gasteiger partial charge in [-0.25, -0.2) is 13.4 Å². The van der Waals surface area contributed by atoms with E-state index in [1.54, 1.807) is 4.31 Å². The second kappa shape index (κ2) is 9.08. The van der Waals surface area contributed by atoms with Crippen LogP contribution in [0.5, 0.6) is 0 Å². The second-order valence-corrected chi connectivity index (χ2v) is 11.4. The van der Waals surface area contributed by atoms with Crippen LogP contribution in [0.3, 0.4) is 0 Å². The molecule has 1 fully saturated rings. The normalized spacial score (nSPS) is 20.0. The van der Waals surface area contributed by atoms with Crippen LogP contribution >= 0.6 is 0 Å². The predicted octanol–water partition coefficient (Wildman–Crippen LogP) is 2.95. The lowest BCUT2D eigenvalue weighted by Gasteiger charge is -2.33. The fourth-order valence-electron chi connectivity index (χ4n) is 5.07. The number of piperazine rings is 1. The van der Waals surface area contributed by atoms with E-state index in [4.69, 9.17) is 4.98 Å². The molecule has 2 aliphatic heterocycles. The van der Waals surface area contributed by atoms with Crippen LogP contribution in [0.2, 0.25) is 0 Å². The molecule has 0 amide bonds. The number of nitrogens with one attached hydrogen (secondary N) is 1. The molecule has 0 bridgehead atoms. The van der Waals surface area contributed by atoms with Crippen LogP contribution in [-0.4, -0.2) is 72.2 Å². The van der Waals surface area contributed by atoms with Gasteiger partial charge in [-0.2, -0.15) is 4.31 Å². The van der Waals surface area contributed by atoms with Gasteiger partial charge in [0.15, 0.2) is 0 Å². The van der Waals surface area contributed by atoms with Crippen LogP contribution in [0.25, 0.3) is 11.0 Å². The maximum Gasteiger partial charge on any atom is 0.211 e. The molecule has 0 spiro atoms. The predicted molar refractivity (Wildman–Crippen MR) is 133 cm³/mol. The summed E-state index contributed by atoms with van der Waals surface area (Å²) >= 11 is 0. The number of hydrogen-bond donors (Lipinski definition) is 1. The van der Waals surface area contributed by atoms with Crippen LogP contribution in [0.15, 0.2) is 42.5 Å². The SMILES string of the molecule is C[C@H]1CCc2c(ccc3c2nc(Cc2ccccc2)n3CCN2CCN(S(C)(=O)=O)CC2)N1. The number of imidazole rings is 1. The number of aryl methyl sites for hydroxylation is 1. The van der Waals surface area contributed by atoms with Crippen LogP contribution in [0, 0.1) is 0 Å². The minimum Gasteiger partial charge on any atom is -0.382 e. The van der Waals surface area contributed by atoms with Crippen molar-refractivity contribution in [2.75, 3.05) is 44.3 Å². The zero-order chi connectivity index (χ0) is 23.0. The molecule has 33 heavy (non-hydrogen) atoms. The van der Waals surface area contributed by atoms with Gasteiger partial charge in [-0.1, -0.05) is 30.3 Å². The van der Waals surface area contributed by atoms with Gasteiger partial charge >= 0.3 is 0 Å². The number of aromatic nitrogens is 2. The number of benzene rings is 2. The fourth-order valence-corrected chi connectivity index (χ4v) is 5.90. The molecule has 2 aromatic carbocycles. The third-order valence-electron chi connectivity index (χ3n) is 6.98. The molecule has 1 aromatic heterocycles. The standard InChI is InChI=1S/C25H33N5O2S/c1-19-8-9-21-22(26-19)10-11-23-25(21)27-24(18-20-6-4-3-5-7-20)30(23)17-14-28-12-15-29(16-13-28)33(2,31)32/h3-7,10-11,19,26H,8-9,12-18H2,1-2H3/t19-/m0/s1. The first kappa shape index (κ1) is 22.4. The molecule has 0 saturated carbocycles. The van der Waals surface area contributed by atoms with Crippen molar-refractivity contribution < 1.29 is 8.42 Å². The monoisotopic (exact) mass is 467 g/mol. The van der Waals surface area contributed by atoms with E-state index in [1.807, 2.05) is 6.07 Å². The van der Waals surface area contributed by atoms with E-state index in [-0.39, 0.29) is 0 Å². The number of sulfonamides is 1. The van der Waals surface area contributed by atoms with Gasteiger partial charge < -0.3 is 9.88 Å². The number of rotatable bonds is 6. The Morgan fingerprint density at radius 3 is 2.52 bits per heavy atom. The smallest absolute Gasteiger partial charge is 0.211 e. The summed E-state index contributed by atoms with van der Waals surface area (Å²) < 4.78 is 27.6. The van der Waals surface area contributed by atoms with Crippen LogP contribution in [-0.2, 0) is 29.4 Å². The molecule has 7 nitrogen and oxygen atoms in total. The molecule has 0 aliphatic carbocycles. The fraction of sp³-hybridized carbons (Fsp3) is 0.480. The molecular formula is C25H33N5O2S. The van der Waals surface area contributed by atoms with Crippen molar-refractivity contribution >= 4 is 26.7 Å². The Hall–Kier alpha value is -2.42. The molecule has 1 atom stereocenters. The summed E-state index contributed by atoms with van der Waals surface area (Å²) in [7, 11) is -3.10. The van der Waals surface area contributed by atoms with Gasteiger partial charge in [0.25, 0.3) is 0 Å². The zero-order valence-corrected chi connectivity index (χ0v) is 20.3. The molecule has 0 radical (unpaired) electrons. The minimum absolute atomic E-state index is 0.492. The van der Waals surface area contributed by atoms with E-state index in [2.05, 4.69) is 58.1 Å². The third-order valence-corrected chi connectivity index (χ3v) is 8.28. The topological polar surface area (TPSA) is 70.5 Å². The summed E-state index contributed by atoms with van der Waals surface area (Å²) in [5, 5.41) is 3.62. The molecule has 1 N–H and O–H groups in total. The second-order valence-electron chi connectivity index (χ2n) is 9.39. The summed E-state index contributed by atoms with van der Waals surface area (Å²) in [5.74, 6) is 1.10. The van der Waals surface area contributed by atoms with Crippen LogP contribution in [0.1, 0.15) is 30.3 Å². The highest BCUT2D eigenvalue weighted by Gasteiger charge is 2.24. The molecule has 5 rings (SSSR count). The summed E-state index contributed by atoms with van der Waals surface area (Å²) in [5.41, 5.74) is 6.14. The lowest BCUT2D eigenvalue weighted by molar-refractivity contribution is 0.183. The van der Waals surface area contributed by atoms with Crippen molar-refractivity contribution in [2.45, 2.75) is 38.8 Å². The van der Waals surface area contributed by atoms with Crippen molar-refractivity contribution in [3.8, 4) is 0 Å². The van der Waals surface area contributed by atoms with E-state index in [1.165, 1.54) is 28.6 Å². The highest BCUT2D eigenvalue weighted by Crippen LogP contribution is 2.32. The minimum atomic E-state index is -3.10. The summed E-state index contributed by atoms with van der Waals surface area (Å²) in [4.78, 5) is 7.53. The van der Waals surface area contributed by atoms with E-state index in [0.717, 1.165) is 56.8 Å². The zero-order valence-electron chi connectivity index (χ0n) is 19.5. The summed E-state index contributed by atoms with van der Waals surface area (Å²) in [6, 6.07) is 15.4. The molecular weight excluding hydrogens is 434 g/mol. The van der Waals surface area contributed by atoms with E-state index >= 15 is 0 Å². The number of fused-ring (bicyclic) bond motifs is 3. The first-order valence-corrected chi connectivity index (χ1v) is 13.7. The van der Waals surface area contributed by atoms with Gasteiger partial charge in [0, 0.05) is 63.0 Å². The molecule has 176 valence electrons. The van der Waals surface area contributed by atoms with Crippen molar-refractivity contribution in [2.24, 2.45) is 0 Å². The lowest BCUT2D eigenvalue weighted by Crippen LogP contribution is -2.48. The molecule has 1 saturated heterocycles. The third kappa shape index (κ3) is 4.78. The van der Waals surface area contributed by atoms with E-state index in [9.17, 15) is 8.42 Å². The Labute approximate surface area is 196 Å². The van der Waals surface area contributed by atoms with Gasteiger partial charge in [0.05, 0.1) is 17.3 Å². The van der Waals surface area contributed by atoms with Crippen molar-refractivity contribution in [3.05, 3.63) is 59.4 Å². The van der Waals surface area contributed by atoms with Gasteiger partial charge in [0.2, 0.25) is 10.0 Å². The Balaban J connectivity index is 1.42. The summed E-state index contributed by atoms with van der Waals surface area (Å²) in [6.45, 7) is 6.64. The first-order valence-electron chi connectivity index (χ1n) is 11.9. The molecule has 3 aromatic rings. The van der Waals surface area contributed by atoms with Gasteiger partial charge in [-0.05, 0) is 37.5 Å². The number of nitrogens with zero attached hydrogens (tertiary/aromatic N) is 4. The van der Waals surface area contributed by atoms with E-state index < -0.39 is 10.0 Å². The number of hydrogen-bond acceptors (Lipinski definition) is 5. The van der Waals surface area contributed by atoms with Crippen molar-refractivity contribution in [1.82, 2.24) is 18.8 Å². The maximum absolute atomic E-state index is 11.8. The Bertz CT molecular complexity index is 1230. The molecule has 3 heterocycles. The van der Waals surface area contributed by atoms with Gasteiger partial charge in [0.1, 0.15) is 5.82 Å². The van der Waals surface area contributed by atoms with Gasteiger partial charge in [-0.15, -0.1) is 0 Å². The molecule has 2 aliphatic rings. The quantitative estimate of drug-likeness (QED) is 0.604. The van der Waals surface area contributed by atoms with Crippen LogP contribution in [0.4, 0.5) is 5.69 Å². The summed E-state index contributed by atoms with van der Waals surface area (Å²) in [6.07, 6.45) is 4.27. The van der Waals surface area contributed by atoms with E-state index in [0.29, 0.717) is 19.1 Å². The highest BCUT2D eigenvalue weighted by atomic mass is 32.2. The van der Waals surface area contributed by atoms with Crippen molar-refractivity contribution in [3.63, 3.8) is 0 Å². The maximum atomic E-state index is 11.8. The molecule has 0 unspecified atom stereocenters. The lowest BCUT2D eigenvalue weighted by atomic mass is 9.98. The first-order chi connectivity index (χ1) is 15.9. The average Bonchev–Trinajstić information content (AvgIpc) is 3.15. The van der Waals surface area contributed by atoms with Crippen molar-refractivity contribution in [1.29, 1.82) is 0 Å². The van der Waals surface area contributed by atoms with Crippen LogP contribution < -0.4 is 5.32 Å². The Kier molecular flexibility index (Phi) is 6.16. The Morgan fingerprint density at radius 2 is 1.79 bits per heavy atom. The average molecular weight is 468 g/mol. The Morgan fingerprint density at radius 1 is 1.03 bits per heavy atom. The highest BCUT2D eigenvalue weighted by molar-refractivity contribution is 7.88. The van der Waals surface area contributed by atoms with Gasteiger partial charge in [-0.3, -0.25) is 4.90 Å². The number of anilines is 1. The largest absolute Gasteiger partial charge is 0.382 e.